The summed E-state index contributed by atoms with van der Waals surface area (Å²) >= 11 is 3.53. The number of hydrogen-bond donors (Lipinski definition) is 0. The summed E-state index contributed by atoms with van der Waals surface area (Å²) in [6.45, 7) is 6.09. The monoisotopic (exact) mass is 316 g/mol. The van der Waals surface area contributed by atoms with Gasteiger partial charge in [0.15, 0.2) is 5.65 Å². The van der Waals surface area contributed by atoms with Gasteiger partial charge in [0.25, 0.3) is 0 Å². The Hall–Kier alpha value is -1.61. The Morgan fingerprint density at radius 1 is 1.00 bits per heavy atom. The highest BCUT2D eigenvalue weighted by atomic mass is 79.9. The van der Waals surface area contributed by atoms with Crippen LogP contribution in [0.5, 0.6) is 0 Å². The molecule has 2 heterocycles. The third-order valence-electron chi connectivity index (χ3n) is 2.89. The Balaban J connectivity index is 0.000000637. The lowest BCUT2D eigenvalue weighted by Crippen LogP contribution is -1.86. The van der Waals surface area contributed by atoms with Crippen LogP contribution >= 0.6 is 15.9 Å². The van der Waals surface area contributed by atoms with Gasteiger partial charge >= 0.3 is 0 Å². The molecule has 0 amide bonds. The molecule has 3 aromatic rings. The van der Waals surface area contributed by atoms with E-state index in [-0.39, 0.29) is 0 Å². The molecule has 0 saturated heterocycles. The van der Waals surface area contributed by atoms with Gasteiger partial charge < -0.3 is 4.40 Å². The number of fused-ring (bicyclic) bond motifs is 1. The minimum absolute atomic E-state index is 0.962. The summed E-state index contributed by atoms with van der Waals surface area (Å²) in [6.07, 6.45) is 2.04. The summed E-state index contributed by atoms with van der Waals surface area (Å²) in [5, 5.41) is 0. The number of imidazole rings is 1. The lowest BCUT2D eigenvalue weighted by Gasteiger charge is -1.98. The highest BCUT2D eigenvalue weighted by Gasteiger charge is 2.11. The Labute approximate surface area is 122 Å². The largest absolute Gasteiger partial charge is 0.303 e. The minimum Gasteiger partial charge on any atom is -0.303 e. The van der Waals surface area contributed by atoms with Crippen molar-refractivity contribution < 1.29 is 0 Å². The zero-order chi connectivity index (χ0) is 13.8. The standard InChI is InChI=1S/C14H11BrN2.C2H6/c1-10-13(11-6-3-2-4-7-11)16-14-12(15)8-5-9-17(10)14;1-2/h2-9H,1H3;1-2H3. The van der Waals surface area contributed by atoms with E-state index in [2.05, 4.69) is 39.4 Å². The van der Waals surface area contributed by atoms with Crippen molar-refractivity contribution in [1.29, 1.82) is 0 Å². The fraction of sp³-hybridized carbons (Fsp3) is 0.188. The first-order chi connectivity index (χ1) is 9.27. The smallest absolute Gasteiger partial charge is 0.152 e. The van der Waals surface area contributed by atoms with Crippen LogP contribution in [0.3, 0.4) is 0 Å². The van der Waals surface area contributed by atoms with Crippen molar-refractivity contribution >= 4 is 21.6 Å². The van der Waals surface area contributed by atoms with E-state index >= 15 is 0 Å². The molecule has 0 aliphatic carbocycles. The second-order valence-electron chi connectivity index (χ2n) is 3.96. The summed E-state index contributed by atoms with van der Waals surface area (Å²) < 4.78 is 3.12. The van der Waals surface area contributed by atoms with Crippen LogP contribution in [0.1, 0.15) is 19.5 Å². The summed E-state index contributed by atoms with van der Waals surface area (Å²) in [4.78, 5) is 4.70. The molecule has 0 spiro atoms. The molecule has 3 rings (SSSR count). The zero-order valence-corrected chi connectivity index (χ0v) is 13.0. The molecule has 2 nitrogen and oxygen atoms in total. The van der Waals surface area contributed by atoms with E-state index in [1.165, 1.54) is 0 Å². The van der Waals surface area contributed by atoms with Crippen LogP contribution in [0.2, 0.25) is 0 Å². The van der Waals surface area contributed by atoms with Crippen molar-refractivity contribution in [2.24, 2.45) is 0 Å². The van der Waals surface area contributed by atoms with Gasteiger partial charge in [-0.2, -0.15) is 0 Å². The quantitative estimate of drug-likeness (QED) is 0.610. The third kappa shape index (κ3) is 2.56. The maximum Gasteiger partial charge on any atom is 0.152 e. The molecule has 0 aliphatic heterocycles. The van der Waals surface area contributed by atoms with Crippen LogP contribution in [-0.2, 0) is 0 Å². The Morgan fingerprint density at radius 3 is 2.32 bits per heavy atom. The molecule has 1 aromatic carbocycles. The van der Waals surface area contributed by atoms with Crippen LogP contribution in [0.15, 0.2) is 53.1 Å². The van der Waals surface area contributed by atoms with Gasteiger partial charge in [0.05, 0.1) is 10.2 Å². The number of aromatic nitrogens is 2. The summed E-state index contributed by atoms with van der Waals surface area (Å²) in [6, 6.07) is 14.3. The molecule has 0 saturated carbocycles. The molecule has 0 bridgehead atoms. The molecule has 0 unspecified atom stereocenters. The van der Waals surface area contributed by atoms with Gasteiger partial charge in [0.2, 0.25) is 0 Å². The number of nitrogens with zero attached hydrogens (tertiary/aromatic N) is 2. The van der Waals surface area contributed by atoms with E-state index in [0.717, 1.165) is 27.1 Å². The summed E-state index contributed by atoms with van der Waals surface area (Å²) in [7, 11) is 0. The van der Waals surface area contributed by atoms with E-state index in [9.17, 15) is 0 Å². The average Bonchev–Trinajstić information content (AvgIpc) is 2.81. The molecule has 0 N–H and O–H groups in total. The van der Waals surface area contributed by atoms with Gasteiger partial charge in [-0.1, -0.05) is 44.2 Å². The van der Waals surface area contributed by atoms with Crippen LogP contribution in [-0.4, -0.2) is 9.38 Å². The fourth-order valence-electron chi connectivity index (χ4n) is 2.02. The van der Waals surface area contributed by atoms with Crippen molar-refractivity contribution in [1.82, 2.24) is 9.38 Å². The van der Waals surface area contributed by atoms with Crippen molar-refractivity contribution in [2.45, 2.75) is 20.8 Å². The van der Waals surface area contributed by atoms with Gasteiger partial charge in [-0.05, 0) is 35.0 Å². The van der Waals surface area contributed by atoms with Gasteiger partial charge in [-0.3, -0.25) is 0 Å². The van der Waals surface area contributed by atoms with E-state index in [1.807, 2.05) is 50.4 Å². The van der Waals surface area contributed by atoms with Crippen LogP contribution in [0.25, 0.3) is 16.9 Å². The van der Waals surface area contributed by atoms with Gasteiger partial charge in [0.1, 0.15) is 0 Å². The number of rotatable bonds is 1. The van der Waals surface area contributed by atoms with E-state index in [4.69, 9.17) is 4.98 Å². The second-order valence-corrected chi connectivity index (χ2v) is 4.82. The predicted molar refractivity (Wildman–Crippen MR) is 84.4 cm³/mol. The van der Waals surface area contributed by atoms with E-state index < -0.39 is 0 Å². The molecule has 0 atom stereocenters. The maximum absolute atomic E-state index is 4.70. The Bertz CT molecular complexity index is 672. The Kier molecular flexibility index (Phi) is 4.38. The SMILES string of the molecule is CC.Cc1c(-c2ccccc2)nc2c(Br)cccn12. The van der Waals surface area contributed by atoms with E-state index in [0.29, 0.717) is 0 Å². The lowest BCUT2D eigenvalue weighted by atomic mass is 10.1. The normalized spacial score (nSPS) is 10.1. The molecule has 0 fully saturated rings. The molecular weight excluding hydrogens is 300 g/mol. The topological polar surface area (TPSA) is 17.3 Å². The van der Waals surface area contributed by atoms with E-state index in [1.54, 1.807) is 0 Å². The number of hydrogen-bond acceptors (Lipinski definition) is 1. The molecule has 19 heavy (non-hydrogen) atoms. The fourth-order valence-corrected chi connectivity index (χ4v) is 2.45. The average molecular weight is 317 g/mol. The minimum atomic E-state index is 0.962. The predicted octanol–water partition coefficient (Wildman–Crippen LogP) is 5.10. The zero-order valence-electron chi connectivity index (χ0n) is 11.4. The molecule has 98 valence electrons. The van der Waals surface area contributed by atoms with Gasteiger partial charge in [-0.15, -0.1) is 0 Å². The molecular formula is C16H17BrN2. The third-order valence-corrected chi connectivity index (χ3v) is 3.51. The van der Waals surface area contributed by atoms with Crippen molar-refractivity contribution in [3.63, 3.8) is 0 Å². The first kappa shape index (κ1) is 13.8. The van der Waals surface area contributed by atoms with Crippen LogP contribution in [0, 0.1) is 6.92 Å². The highest BCUT2D eigenvalue weighted by molar-refractivity contribution is 9.10. The van der Waals surface area contributed by atoms with Gasteiger partial charge in [-0.25, -0.2) is 4.98 Å². The number of pyridine rings is 1. The first-order valence-corrected chi connectivity index (χ1v) is 7.25. The molecule has 3 heteroatoms. The summed E-state index contributed by atoms with van der Waals surface area (Å²) in [5.41, 5.74) is 4.31. The number of aryl methyl sites for hydroxylation is 1. The van der Waals surface area contributed by atoms with Gasteiger partial charge in [0, 0.05) is 17.5 Å². The molecule has 0 radical (unpaired) electrons. The first-order valence-electron chi connectivity index (χ1n) is 6.46. The summed E-state index contributed by atoms with van der Waals surface area (Å²) in [5.74, 6) is 0. The maximum atomic E-state index is 4.70. The van der Waals surface area contributed by atoms with Crippen molar-refractivity contribution in [2.75, 3.05) is 0 Å². The molecule has 2 aromatic heterocycles. The second kappa shape index (κ2) is 6.02. The lowest BCUT2D eigenvalue weighted by molar-refractivity contribution is 1.11. The highest BCUT2D eigenvalue weighted by Crippen LogP contribution is 2.26. The van der Waals surface area contributed by atoms with Crippen LogP contribution < -0.4 is 0 Å². The Morgan fingerprint density at radius 2 is 1.68 bits per heavy atom. The van der Waals surface area contributed by atoms with Crippen molar-refractivity contribution in [3.05, 3.63) is 58.8 Å². The van der Waals surface area contributed by atoms with Crippen molar-refractivity contribution in [3.8, 4) is 11.3 Å². The number of benzene rings is 1. The molecule has 0 aliphatic rings. The van der Waals surface area contributed by atoms with Crippen LogP contribution in [0.4, 0.5) is 0 Å². The number of halogens is 1.